The lowest BCUT2D eigenvalue weighted by Gasteiger charge is -2.35. The Hall–Kier alpha value is -3.92. The molecule has 0 bridgehead atoms. The number of benzene rings is 2. The molecule has 1 atom stereocenters. The van der Waals surface area contributed by atoms with Crippen molar-refractivity contribution in [2.75, 3.05) is 42.9 Å². The van der Waals surface area contributed by atoms with Crippen molar-refractivity contribution in [2.24, 2.45) is 4.99 Å². The Kier molecular flexibility index (Phi) is 6.84. The van der Waals surface area contributed by atoms with E-state index in [2.05, 4.69) is 32.3 Å². The summed E-state index contributed by atoms with van der Waals surface area (Å²) in [6, 6.07) is 12.3. The SMILES string of the molecule is CCN1CCN(c2ccc(NC3N=CNC(Oc4ccc5c(cc(C)n5C(C)=O)c4F)=C3F)cc2)CC1. The molecule has 1 aromatic heterocycles. The number of hydrogen-bond acceptors (Lipinski definition) is 7. The summed E-state index contributed by atoms with van der Waals surface area (Å²) >= 11 is 0. The van der Waals surface area contributed by atoms with Gasteiger partial charge in [-0.05, 0) is 55.9 Å². The zero-order valence-corrected chi connectivity index (χ0v) is 21.1. The van der Waals surface area contributed by atoms with Crippen LogP contribution in [0.1, 0.15) is 24.3 Å². The first-order valence-electron chi connectivity index (χ1n) is 12.4. The number of aromatic nitrogens is 1. The molecule has 1 saturated heterocycles. The van der Waals surface area contributed by atoms with Crippen LogP contribution >= 0.6 is 0 Å². The van der Waals surface area contributed by atoms with Crippen LogP contribution in [-0.4, -0.2) is 60.6 Å². The molecule has 10 heteroatoms. The molecule has 2 aliphatic rings. The molecule has 8 nitrogen and oxygen atoms in total. The number of fused-ring (bicyclic) bond motifs is 1. The predicted molar refractivity (Wildman–Crippen MR) is 142 cm³/mol. The number of aryl methyl sites for hydroxylation is 1. The van der Waals surface area contributed by atoms with Crippen molar-refractivity contribution in [3.8, 4) is 5.75 Å². The Morgan fingerprint density at radius 1 is 1.14 bits per heavy atom. The molecule has 0 spiro atoms. The van der Waals surface area contributed by atoms with Crippen LogP contribution in [-0.2, 0) is 0 Å². The van der Waals surface area contributed by atoms with Crippen molar-refractivity contribution in [3.63, 3.8) is 0 Å². The molecule has 37 heavy (non-hydrogen) atoms. The van der Waals surface area contributed by atoms with Crippen LogP contribution in [0.4, 0.5) is 20.2 Å². The Bertz CT molecular complexity index is 1370. The third-order valence-corrected chi connectivity index (χ3v) is 6.83. The highest BCUT2D eigenvalue weighted by atomic mass is 19.1. The predicted octanol–water partition coefficient (Wildman–Crippen LogP) is 4.48. The van der Waals surface area contributed by atoms with E-state index in [1.54, 1.807) is 19.1 Å². The van der Waals surface area contributed by atoms with Gasteiger partial charge in [-0.25, -0.2) is 13.8 Å². The molecular weight excluding hydrogens is 478 g/mol. The van der Waals surface area contributed by atoms with Crippen LogP contribution in [0.25, 0.3) is 10.9 Å². The molecule has 0 amide bonds. The summed E-state index contributed by atoms with van der Waals surface area (Å²) < 4.78 is 37.5. The van der Waals surface area contributed by atoms with Crippen molar-refractivity contribution >= 4 is 34.5 Å². The number of likely N-dealkylation sites (N-methyl/N-ethyl adjacent to an activating group) is 1. The van der Waals surface area contributed by atoms with Crippen molar-refractivity contribution in [1.82, 2.24) is 14.8 Å². The van der Waals surface area contributed by atoms with E-state index in [4.69, 9.17) is 4.74 Å². The number of piperazine rings is 1. The van der Waals surface area contributed by atoms with Gasteiger partial charge in [0.15, 0.2) is 17.7 Å². The van der Waals surface area contributed by atoms with Gasteiger partial charge in [-0.1, -0.05) is 6.92 Å². The average Bonchev–Trinajstić information content (AvgIpc) is 3.25. The highest BCUT2D eigenvalue weighted by molar-refractivity contribution is 5.93. The van der Waals surface area contributed by atoms with E-state index in [0.29, 0.717) is 16.9 Å². The molecule has 194 valence electrons. The minimum atomic E-state index is -1.02. The van der Waals surface area contributed by atoms with Gasteiger partial charge in [0, 0.05) is 55.6 Å². The van der Waals surface area contributed by atoms with Crippen molar-refractivity contribution in [3.05, 3.63) is 65.7 Å². The van der Waals surface area contributed by atoms with Gasteiger partial charge in [-0.2, -0.15) is 0 Å². The van der Waals surface area contributed by atoms with Crippen molar-refractivity contribution in [1.29, 1.82) is 0 Å². The standard InChI is InChI=1S/C27H30F2N6O2/c1-4-33-11-13-34(14-12-33)20-7-5-19(6-8-20)32-26-25(29)27(31-16-30-26)37-23-10-9-22-21(24(23)28)15-17(2)35(22)18(3)36/h5-10,15-16,26,32H,4,11-14H2,1-3H3,(H,30,31). The summed E-state index contributed by atoms with van der Waals surface area (Å²) in [5, 5.41) is 5.89. The Morgan fingerprint density at radius 2 is 1.86 bits per heavy atom. The van der Waals surface area contributed by atoms with Crippen LogP contribution in [0, 0.1) is 12.7 Å². The number of halogens is 2. The quantitative estimate of drug-likeness (QED) is 0.512. The molecule has 2 aromatic carbocycles. The molecule has 1 fully saturated rings. The lowest BCUT2D eigenvalue weighted by Crippen LogP contribution is -2.46. The van der Waals surface area contributed by atoms with Gasteiger partial charge in [0.05, 0.1) is 11.9 Å². The number of rotatable bonds is 6. The maximum absolute atomic E-state index is 15.3. The Balaban J connectivity index is 1.30. The molecule has 2 N–H and O–H groups in total. The van der Waals surface area contributed by atoms with E-state index in [0.717, 1.165) is 38.4 Å². The molecule has 3 aromatic rings. The second kappa shape index (κ2) is 10.2. The molecule has 0 aliphatic carbocycles. The van der Waals surface area contributed by atoms with Gasteiger partial charge >= 0.3 is 0 Å². The van der Waals surface area contributed by atoms with E-state index >= 15 is 8.78 Å². The maximum atomic E-state index is 15.3. The molecule has 0 radical (unpaired) electrons. The number of hydrogen-bond donors (Lipinski definition) is 2. The lowest BCUT2D eigenvalue weighted by atomic mass is 10.2. The monoisotopic (exact) mass is 508 g/mol. The number of carbonyl (C=O) groups excluding carboxylic acids is 1. The fraction of sp³-hybridized carbons (Fsp3) is 0.333. The van der Waals surface area contributed by atoms with Gasteiger partial charge < -0.3 is 25.2 Å². The molecule has 2 aliphatic heterocycles. The smallest absolute Gasteiger partial charge is 0.234 e. The first kappa shape index (κ1) is 24.8. The minimum absolute atomic E-state index is 0.160. The number of nitrogens with zero attached hydrogens (tertiary/aromatic N) is 4. The van der Waals surface area contributed by atoms with E-state index in [-0.39, 0.29) is 22.9 Å². The summed E-state index contributed by atoms with van der Waals surface area (Å²) in [6.45, 7) is 10.4. The van der Waals surface area contributed by atoms with E-state index in [9.17, 15) is 4.79 Å². The van der Waals surface area contributed by atoms with Crippen molar-refractivity contribution in [2.45, 2.75) is 26.9 Å². The van der Waals surface area contributed by atoms with Gasteiger partial charge in [0.25, 0.3) is 0 Å². The maximum Gasteiger partial charge on any atom is 0.234 e. The van der Waals surface area contributed by atoms with Gasteiger partial charge in [-0.3, -0.25) is 9.36 Å². The zero-order chi connectivity index (χ0) is 26.1. The van der Waals surface area contributed by atoms with Crippen molar-refractivity contribution < 1.29 is 18.3 Å². The second-order valence-electron chi connectivity index (χ2n) is 9.17. The van der Waals surface area contributed by atoms with Crippen LogP contribution in [0.15, 0.2) is 59.2 Å². The summed E-state index contributed by atoms with van der Waals surface area (Å²) in [7, 11) is 0. The first-order valence-corrected chi connectivity index (χ1v) is 12.4. The number of nitrogens with one attached hydrogen (secondary N) is 2. The molecular formula is C27H30F2N6O2. The topological polar surface area (TPSA) is 74.1 Å². The molecule has 0 saturated carbocycles. The number of ether oxygens (including phenoxy) is 1. The fourth-order valence-corrected chi connectivity index (χ4v) is 4.82. The summed E-state index contributed by atoms with van der Waals surface area (Å²) in [5.41, 5.74) is 2.85. The van der Waals surface area contributed by atoms with E-state index in [1.807, 2.05) is 24.3 Å². The number of aliphatic imine (C=N–C) groups is 1. The summed E-state index contributed by atoms with van der Waals surface area (Å²) in [5.74, 6) is -2.02. The van der Waals surface area contributed by atoms with Crippen LogP contribution in [0.2, 0.25) is 0 Å². The van der Waals surface area contributed by atoms with Crippen LogP contribution < -0.4 is 20.3 Å². The summed E-state index contributed by atoms with van der Waals surface area (Å²) in [6.07, 6.45) is 0.285. The number of carbonyl (C=O) groups is 1. The Labute approximate surface area is 214 Å². The minimum Gasteiger partial charge on any atom is -0.435 e. The van der Waals surface area contributed by atoms with E-state index in [1.165, 1.54) is 23.9 Å². The molecule has 3 heterocycles. The van der Waals surface area contributed by atoms with E-state index < -0.39 is 17.8 Å². The third-order valence-electron chi connectivity index (χ3n) is 6.83. The fourth-order valence-electron chi connectivity index (χ4n) is 4.82. The largest absolute Gasteiger partial charge is 0.435 e. The highest BCUT2D eigenvalue weighted by Gasteiger charge is 2.25. The average molecular weight is 509 g/mol. The normalized spacial score (nSPS) is 18.3. The van der Waals surface area contributed by atoms with Crippen LogP contribution in [0.3, 0.4) is 0 Å². The Morgan fingerprint density at radius 3 is 2.54 bits per heavy atom. The van der Waals surface area contributed by atoms with Gasteiger partial charge in [0.2, 0.25) is 17.6 Å². The zero-order valence-electron chi connectivity index (χ0n) is 21.1. The highest BCUT2D eigenvalue weighted by Crippen LogP contribution is 2.31. The second-order valence-corrected chi connectivity index (χ2v) is 9.17. The lowest BCUT2D eigenvalue weighted by molar-refractivity contribution is 0.0939. The molecule has 5 rings (SSSR count). The third kappa shape index (κ3) is 4.89. The number of anilines is 2. The molecule has 1 unspecified atom stereocenters. The van der Waals surface area contributed by atoms with Crippen LogP contribution in [0.5, 0.6) is 5.75 Å². The van der Waals surface area contributed by atoms with Gasteiger partial charge in [-0.15, -0.1) is 0 Å². The first-order chi connectivity index (χ1) is 17.9. The van der Waals surface area contributed by atoms with Gasteiger partial charge in [0.1, 0.15) is 0 Å². The summed E-state index contributed by atoms with van der Waals surface area (Å²) in [4.78, 5) is 20.8.